The fourth-order valence-electron chi connectivity index (χ4n) is 4.92. The Morgan fingerprint density at radius 1 is 1.07 bits per heavy atom. The summed E-state index contributed by atoms with van der Waals surface area (Å²) in [5.41, 5.74) is 14.7. The van der Waals surface area contributed by atoms with Gasteiger partial charge in [-0.15, -0.1) is 0 Å². The molecule has 40 heavy (non-hydrogen) atoms. The van der Waals surface area contributed by atoms with Crippen LogP contribution in [0.5, 0.6) is 11.5 Å². The van der Waals surface area contributed by atoms with Gasteiger partial charge in [-0.3, -0.25) is 9.59 Å². The highest BCUT2D eigenvalue weighted by Gasteiger charge is 2.27. The number of nitrogen functional groups attached to an aromatic ring is 1. The number of primary amides is 1. The number of fused-ring (bicyclic) bond motifs is 1. The molecule has 0 radical (unpaired) electrons. The minimum atomic E-state index is -0.734. The summed E-state index contributed by atoms with van der Waals surface area (Å²) in [6, 6.07) is 16.4. The summed E-state index contributed by atoms with van der Waals surface area (Å²) in [6.07, 6.45) is 4.18. The van der Waals surface area contributed by atoms with Crippen molar-refractivity contribution in [1.82, 2.24) is 19.4 Å². The average Bonchev–Trinajstić information content (AvgIpc) is 3.31. The van der Waals surface area contributed by atoms with Crippen LogP contribution in [-0.2, 0) is 9.59 Å². The Hall–Kier alpha value is -5.10. The van der Waals surface area contributed by atoms with Crippen LogP contribution >= 0.6 is 0 Å². The summed E-state index contributed by atoms with van der Waals surface area (Å²) in [6.45, 7) is 6.51. The number of nitrogens with zero attached hydrogens (tertiary/aromatic N) is 4. The van der Waals surface area contributed by atoms with E-state index in [-0.39, 0.29) is 17.6 Å². The first-order valence-corrected chi connectivity index (χ1v) is 13.1. The van der Waals surface area contributed by atoms with Gasteiger partial charge >= 0.3 is 0 Å². The molecule has 1 saturated heterocycles. The zero-order chi connectivity index (χ0) is 28.2. The van der Waals surface area contributed by atoms with Crippen molar-refractivity contribution in [1.29, 1.82) is 0 Å². The Labute approximate surface area is 232 Å². The second-order valence-electron chi connectivity index (χ2n) is 9.64. The molecule has 5 rings (SSSR count). The number of ether oxygens (including phenoxy) is 1. The molecule has 9 heteroatoms. The van der Waals surface area contributed by atoms with Gasteiger partial charge in [-0.05, 0) is 61.6 Å². The average molecular weight is 535 g/mol. The number of hydrogen-bond acceptors (Lipinski definition) is 6. The SMILES string of the molecule is C=CC(=O)N1CCC(C#Cc2c(-c3ccc(Oc4ccccc4)cc3)c3c(N)ncnc3n2C(C)C(N)=O)CC1. The zero-order valence-electron chi connectivity index (χ0n) is 22.2. The molecule has 4 N–H and O–H groups in total. The molecule has 9 nitrogen and oxygen atoms in total. The molecule has 202 valence electrons. The van der Waals surface area contributed by atoms with Crippen LogP contribution in [0.25, 0.3) is 22.2 Å². The molecule has 2 aromatic carbocycles. The molecule has 2 aromatic heterocycles. The third kappa shape index (κ3) is 5.24. The molecular formula is C31H30N6O3. The second kappa shape index (κ2) is 11.3. The number of aromatic nitrogens is 3. The van der Waals surface area contributed by atoms with E-state index >= 15 is 0 Å². The number of anilines is 1. The second-order valence-corrected chi connectivity index (χ2v) is 9.64. The number of amides is 2. The summed E-state index contributed by atoms with van der Waals surface area (Å²) < 4.78 is 7.71. The maximum Gasteiger partial charge on any atom is 0.245 e. The molecule has 0 saturated carbocycles. The van der Waals surface area contributed by atoms with E-state index in [9.17, 15) is 9.59 Å². The summed E-state index contributed by atoms with van der Waals surface area (Å²) >= 11 is 0. The zero-order valence-corrected chi connectivity index (χ0v) is 22.2. The van der Waals surface area contributed by atoms with E-state index in [1.165, 1.54) is 12.4 Å². The van der Waals surface area contributed by atoms with Gasteiger partial charge in [0.25, 0.3) is 0 Å². The third-order valence-electron chi connectivity index (χ3n) is 7.11. The minimum Gasteiger partial charge on any atom is -0.457 e. The van der Waals surface area contributed by atoms with Gasteiger partial charge in [-0.2, -0.15) is 0 Å². The van der Waals surface area contributed by atoms with E-state index in [0.717, 1.165) is 29.7 Å². The van der Waals surface area contributed by atoms with Crippen LogP contribution < -0.4 is 16.2 Å². The molecular weight excluding hydrogens is 504 g/mol. The molecule has 1 aliphatic heterocycles. The van der Waals surface area contributed by atoms with Crippen molar-refractivity contribution in [2.75, 3.05) is 18.8 Å². The van der Waals surface area contributed by atoms with Crippen molar-refractivity contribution in [3.05, 3.63) is 79.3 Å². The molecule has 0 spiro atoms. The number of piperidine rings is 1. The number of para-hydroxylation sites is 1. The molecule has 0 aliphatic carbocycles. The van der Waals surface area contributed by atoms with Gasteiger partial charge in [0.15, 0.2) is 0 Å². The first kappa shape index (κ1) is 26.5. The first-order chi connectivity index (χ1) is 19.4. The van der Waals surface area contributed by atoms with Gasteiger partial charge < -0.3 is 25.7 Å². The van der Waals surface area contributed by atoms with E-state index in [1.54, 1.807) is 16.4 Å². The summed E-state index contributed by atoms with van der Waals surface area (Å²) in [5, 5.41) is 0.600. The number of hydrogen-bond donors (Lipinski definition) is 2. The Morgan fingerprint density at radius 2 is 1.75 bits per heavy atom. The van der Waals surface area contributed by atoms with Crippen LogP contribution in [0.3, 0.4) is 0 Å². The first-order valence-electron chi connectivity index (χ1n) is 13.1. The number of benzene rings is 2. The van der Waals surface area contributed by atoms with Crippen LogP contribution in [0.1, 0.15) is 31.5 Å². The largest absolute Gasteiger partial charge is 0.457 e. The fraction of sp³-hybridized carbons (Fsp3) is 0.226. The van der Waals surface area contributed by atoms with Crippen LogP contribution in [0.15, 0.2) is 73.6 Å². The number of nitrogens with two attached hydrogens (primary N) is 2. The maximum absolute atomic E-state index is 12.4. The predicted octanol–water partition coefficient (Wildman–Crippen LogP) is 4.30. The van der Waals surface area contributed by atoms with Gasteiger partial charge in [-0.1, -0.05) is 42.8 Å². The maximum atomic E-state index is 12.4. The third-order valence-corrected chi connectivity index (χ3v) is 7.11. The van der Waals surface area contributed by atoms with Crippen molar-refractivity contribution >= 4 is 28.7 Å². The van der Waals surface area contributed by atoms with Crippen molar-refractivity contribution in [3.8, 4) is 34.5 Å². The standard InChI is InChI=1S/C31H30N6O3/c1-3-26(38)36-17-15-21(16-18-36)9-14-25-27(22-10-12-24(13-11-22)40-23-7-5-4-6-8-23)28-29(32)34-19-35-31(28)37(25)20(2)30(33)39/h3-8,10-13,19-21H,1,15-18H2,2H3,(H2,33,39)(H2,32,34,35). The monoisotopic (exact) mass is 534 g/mol. The van der Waals surface area contributed by atoms with Gasteiger partial charge in [0.1, 0.15) is 41.0 Å². The summed E-state index contributed by atoms with van der Waals surface area (Å²) in [5.74, 6) is 7.88. The van der Waals surface area contributed by atoms with Crippen molar-refractivity contribution in [3.63, 3.8) is 0 Å². The minimum absolute atomic E-state index is 0.0714. The number of carbonyl (C=O) groups excluding carboxylic acids is 2. The van der Waals surface area contributed by atoms with Gasteiger partial charge in [0.05, 0.1) is 5.39 Å². The Bertz CT molecular complexity index is 1630. The topological polar surface area (TPSA) is 129 Å². The van der Waals surface area contributed by atoms with Crippen molar-refractivity contribution < 1.29 is 14.3 Å². The van der Waals surface area contributed by atoms with Crippen molar-refractivity contribution in [2.45, 2.75) is 25.8 Å². The van der Waals surface area contributed by atoms with Crippen LogP contribution in [-0.4, -0.2) is 44.3 Å². The highest BCUT2D eigenvalue weighted by Crippen LogP contribution is 2.39. The smallest absolute Gasteiger partial charge is 0.245 e. The van der Waals surface area contributed by atoms with Crippen LogP contribution in [0.4, 0.5) is 5.82 Å². The summed E-state index contributed by atoms with van der Waals surface area (Å²) in [7, 11) is 0. The van der Waals surface area contributed by atoms with Crippen LogP contribution in [0.2, 0.25) is 0 Å². The lowest BCUT2D eigenvalue weighted by molar-refractivity contribution is -0.127. The molecule has 2 amide bonds. The molecule has 0 bridgehead atoms. The van der Waals surface area contributed by atoms with E-state index in [1.807, 2.05) is 54.6 Å². The molecule has 4 aromatic rings. The lowest BCUT2D eigenvalue weighted by atomic mass is 9.96. The van der Waals surface area contributed by atoms with Gasteiger partial charge in [-0.25, -0.2) is 9.97 Å². The molecule has 1 fully saturated rings. The molecule has 1 aliphatic rings. The molecule has 1 atom stereocenters. The fourth-order valence-corrected chi connectivity index (χ4v) is 4.92. The number of rotatable bonds is 6. The lowest BCUT2D eigenvalue weighted by Crippen LogP contribution is -2.37. The van der Waals surface area contributed by atoms with Crippen LogP contribution in [0, 0.1) is 17.8 Å². The predicted molar refractivity (Wildman–Crippen MR) is 154 cm³/mol. The molecule has 1 unspecified atom stereocenters. The van der Waals surface area contributed by atoms with E-state index < -0.39 is 11.9 Å². The normalized spacial score (nSPS) is 14.3. The lowest BCUT2D eigenvalue weighted by Gasteiger charge is -2.28. The highest BCUT2D eigenvalue weighted by molar-refractivity contribution is 6.04. The Morgan fingerprint density at radius 3 is 2.40 bits per heavy atom. The van der Waals surface area contributed by atoms with Gasteiger partial charge in [0.2, 0.25) is 11.8 Å². The Balaban J connectivity index is 1.59. The van der Waals surface area contributed by atoms with Crippen molar-refractivity contribution in [2.24, 2.45) is 11.7 Å². The Kier molecular flexibility index (Phi) is 7.51. The number of likely N-dealkylation sites (tertiary alicyclic amines) is 1. The highest BCUT2D eigenvalue weighted by atomic mass is 16.5. The van der Waals surface area contributed by atoms with E-state index in [2.05, 4.69) is 28.4 Å². The quantitative estimate of drug-likeness (QED) is 0.280. The number of carbonyl (C=O) groups is 2. The van der Waals surface area contributed by atoms with E-state index in [4.69, 9.17) is 16.2 Å². The van der Waals surface area contributed by atoms with E-state index in [0.29, 0.717) is 35.6 Å². The molecule has 3 heterocycles. The summed E-state index contributed by atoms with van der Waals surface area (Å²) in [4.78, 5) is 34.9. The van der Waals surface area contributed by atoms with Gasteiger partial charge in [0, 0.05) is 24.6 Å².